The maximum absolute atomic E-state index is 13.0. The lowest BCUT2D eigenvalue weighted by Gasteiger charge is -2.19. The molecule has 4 rings (SSSR count). The van der Waals surface area contributed by atoms with E-state index in [9.17, 15) is 8.42 Å². The number of imidazole rings is 1. The van der Waals surface area contributed by atoms with E-state index in [1.54, 1.807) is 53.5 Å². The highest BCUT2D eigenvalue weighted by molar-refractivity contribution is 7.92. The predicted octanol–water partition coefficient (Wildman–Crippen LogP) is 5.15. The first-order chi connectivity index (χ1) is 14.1. The number of nitrogens with one attached hydrogen (secondary N) is 1. The molecule has 0 aliphatic carbocycles. The topological polar surface area (TPSA) is 76.4 Å². The van der Waals surface area contributed by atoms with E-state index in [0.717, 1.165) is 5.56 Å². The molecular formula is C22H21ClN4O2S. The second-order valence-corrected chi connectivity index (χ2v) is 10.2. The molecule has 2 aromatic carbocycles. The van der Waals surface area contributed by atoms with Crippen molar-refractivity contribution in [2.24, 2.45) is 0 Å². The van der Waals surface area contributed by atoms with E-state index in [-0.39, 0.29) is 10.3 Å². The van der Waals surface area contributed by atoms with Crippen molar-refractivity contribution in [2.75, 3.05) is 4.72 Å². The van der Waals surface area contributed by atoms with Crippen LogP contribution in [0.1, 0.15) is 26.3 Å². The zero-order valence-corrected chi connectivity index (χ0v) is 18.4. The summed E-state index contributed by atoms with van der Waals surface area (Å²) in [5.41, 5.74) is 3.46. The molecule has 4 aromatic rings. The van der Waals surface area contributed by atoms with Gasteiger partial charge in [-0.25, -0.2) is 18.4 Å². The molecule has 0 radical (unpaired) electrons. The number of rotatable bonds is 4. The van der Waals surface area contributed by atoms with Gasteiger partial charge in [0, 0.05) is 28.5 Å². The molecule has 0 aliphatic heterocycles. The molecule has 8 heteroatoms. The molecule has 6 nitrogen and oxygen atoms in total. The number of fused-ring (bicyclic) bond motifs is 1. The SMILES string of the molecule is CC(C)(C)c1ccc(S(=O)(=O)Nc2ccc(Cl)cc2-c2cnc3cncn3c2)cc1. The lowest BCUT2D eigenvalue weighted by atomic mass is 9.87. The third-order valence-electron chi connectivity index (χ3n) is 4.83. The third kappa shape index (κ3) is 4.04. The van der Waals surface area contributed by atoms with Gasteiger partial charge in [0.2, 0.25) is 0 Å². The molecular weight excluding hydrogens is 420 g/mol. The van der Waals surface area contributed by atoms with Crippen LogP contribution in [0.2, 0.25) is 5.02 Å². The predicted molar refractivity (Wildman–Crippen MR) is 119 cm³/mol. The Kier molecular flexibility index (Phi) is 5.03. The van der Waals surface area contributed by atoms with Gasteiger partial charge >= 0.3 is 0 Å². The molecule has 30 heavy (non-hydrogen) atoms. The van der Waals surface area contributed by atoms with Crippen LogP contribution < -0.4 is 4.72 Å². The van der Waals surface area contributed by atoms with Crippen LogP contribution >= 0.6 is 11.6 Å². The van der Waals surface area contributed by atoms with Crippen LogP contribution in [-0.2, 0) is 15.4 Å². The second kappa shape index (κ2) is 7.41. The second-order valence-electron chi connectivity index (χ2n) is 8.07. The molecule has 2 heterocycles. The number of nitrogens with zero attached hydrogens (tertiary/aromatic N) is 3. The summed E-state index contributed by atoms with van der Waals surface area (Å²) in [5, 5.41) is 0.494. The van der Waals surface area contributed by atoms with E-state index in [0.29, 0.717) is 27.5 Å². The summed E-state index contributed by atoms with van der Waals surface area (Å²) in [6.07, 6.45) is 6.78. The monoisotopic (exact) mass is 440 g/mol. The number of aromatic nitrogens is 3. The van der Waals surface area contributed by atoms with Crippen molar-refractivity contribution in [3.8, 4) is 11.1 Å². The van der Waals surface area contributed by atoms with Crippen molar-refractivity contribution in [1.82, 2.24) is 14.4 Å². The maximum atomic E-state index is 13.0. The van der Waals surface area contributed by atoms with Crippen LogP contribution in [0.25, 0.3) is 16.8 Å². The van der Waals surface area contributed by atoms with Gasteiger partial charge in [-0.1, -0.05) is 44.5 Å². The molecule has 0 saturated carbocycles. The molecule has 0 saturated heterocycles. The molecule has 0 amide bonds. The highest BCUT2D eigenvalue weighted by atomic mass is 35.5. The summed E-state index contributed by atoms with van der Waals surface area (Å²) < 4.78 is 30.5. The van der Waals surface area contributed by atoms with Crippen molar-refractivity contribution in [3.05, 3.63) is 78.0 Å². The van der Waals surface area contributed by atoms with E-state index in [4.69, 9.17) is 11.6 Å². The minimum absolute atomic E-state index is 0.0575. The molecule has 0 spiro atoms. The molecule has 1 N–H and O–H groups in total. The van der Waals surface area contributed by atoms with Crippen LogP contribution in [0, 0.1) is 0 Å². The van der Waals surface area contributed by atoms with Gasteiger partial charge in [-0.2, -0.15) is 0 Å². The Morgan fingerprint density at radius 1 is 1.03 bits per heavy atom. The fourth-order valence-electron chi connectivity index (χ4n) is 3.14. The van der Waals surface area contributed by atoms with Gasteiger partial charge in [0.05, 0.1) is 16.8 Å². The van der Waals surface area contributed by atoms with E-state index in [1.807, 2.05) is 18.3 Å². The highest BCUT2D eigenvalue weighted by Gasteiger charge is 2.19. The van der Waals surface area contributed by atoms with E-state index in [2.05, 4.69) is 35.5 Å². The van der Waals surface area contributed by atoms with Crippen molar-refractivity contribution < 1.29 is 8.42 Å². The average Bonchev–Trinajstić information content (AvgIpc) is 3.16. The van der Waals surface area contributed by atoms with E-state index in [1.165, 1.54) is 0 Å². The van der Waals surface area contributed by atoms with Crippen LogP contribution in [0.15, 0.2) is 72.3 Å². The quantitative estimate of drug-likeness (QED) is 0.476. The summed E-state index contributed by atoms with van der Waals surface area (Å²) in [6, 6.07) is 11.9. The van der Waals surface area contributed by atoms with Gasteiger partial charge in [0.15, 0.2) is 5.65 Å². The Labute approximate surface area is 180 Å². The van der Waals surface area contributed by atoms with Crippen LogP contribution in [-0.4, -0.2) is 22.8 Å². The molecule has 2 aromatic heterocycles. The zero-order valence-electron chi connectivity index (χ0n) is 16.8. The number of halogens is 1. The Hall–Kier alpha value is -2.90. The average molecular weight is 441 g/mol. The minimum Gasteiger partial charge on any atom is -0.290 e. The van der Waals surface area contributed by atoms with Crippen molar-refractivity contribution in [1.29, 1.82) is 0 Å². The first-order valence-electron chi connectivity index (χ1n) is 9.34. The molecule has 0 unspecified atom stereocenters. The van der Waals surface area contributed by atoms with Gasteiger partial charge in [-0.3, -0.25) is 9.12 Å². The first kappa shape index (κ1) is 20.4. The van der Waals surface area contributed by atoms with Crippen LogP contribution in [0.3, 0.4) is 0 Å². The molecule has 0 aliphatic rings. The summed E-state index contributed by atoms with van der Waals surface area (Å²) >= 11 is 6.20. The number of hydrogen-bond acceptors (Lipinski definition) is 4. The number of sulfonamides is 1. The van der Waals surface area contributed by atoms with Gasteiger partial charge < -0.3 is 0 Å². The Balaban J connectivity index is 1.72. The normalized spacial score (nSPS) is 12.3. The summed E-state index contributed by atoms with van der Waals surface area (Å²) in [5.74, 6) is 0. The highest BCUT2D eigenvalue weighted by Crippen LogP contribution is 2.32. The van der Waals surface area contributed by atoms with Crippen LogP contribution in [0.4, 0.5) is 5.69 Å². The first-order valence-corrected chi connectivity index (χ1v) is 11.2. The van der Waals surface area contributed by atoms with E-state index >= 15 is 0 Å². The van der Waals surface area contributed by atoms with Gasteiger partial charge in [-0.15, -0.1) is 0 Å². The zero-order chi connectivity index (χ0) is 21.5. The Morgan fingerprint density at radius 2 is 1.77 bits per heavy atom. The largest absolute Gasteiger partial charge is 0.290 e. The minimum atomic E-state index is -3.78. The Morgan fingerprint density at radius 3 is 2.47 bits per heavy atom. The number of hydrogen-bond donors (Lipinski definition) is 1. The lowest BCUT2D eigenvalue weighted by Crippen LogP contribution is -2.15. The summed E-state index contributed by atoms with van der Waals surface area (Å²) in [6.45, 7) is 6.25. The maximum Gasteiger partial charge on any atom is 0.261 e. The summed E-state index contributed by atoms with van der Waals surface area (Å²) in [7, 11) is -3.78. The summed E-state index contributed by atoms with van der Waals surface area (Å²) in [4.78, 5) is 8.61. The molecule has 0 bridgehead atoms. The van der Waals surface area contributed by atoms with Crippen molar-refractivity contribution in [2.45, 2.75) is 31.1 Å². The lowest BCUT2D eigenvalue weighted by molar-refractivity contribution is 0.587. The standard InChI is InChI=1S/C22H21ClN4O2S/c1-22(2,3)16-4-7-18(8-5-16)30(28,29)26-20-9-6-17(23)10-19(20)15-11-25-21-12-24-14-27(21)13-15/h4-14,26H,1-3H3. The smallest absolute Gasteiger partial charge is 0.261 e. The molecule has 0 atom stereocenters. The fourth-order valence-corrected chi connectivity index (χ4v) is 4.39. The number of benzene rings is 2. The number of anilines is 1. The van der Waals surface area contributed by atoms with Crippen molar-refractivity contribution in [3.63, 3.8) is 0 Å². The van der Waals surface area contributed by atoms with Gasteiger partial charge in [0.1, 0.15) is 6.33 Å². The fraction of sp³-hybridized carbons (Fsp3) is 0.182. The third-order valence-corrected chi connectivity index (χ3v) is 6.44. The molecule has 0 fully saturated rings. The molecule has 154 valence electrons. The van der Waals surface area contributed by atoms with Crippen LogP contribution in [0.5, 0.6) is 0 Å². The van der Waals surface area contributed by atoms with E-state index < -0.39 is 10.0 Å². The van der Waals surface area contributed by atoms with Gasteiger partial charge in [0.25, 0.3) is 10.0 Å². The van der Waals surface area contributed by atoms with Crippen molar-refractivity contribution >= 4 is 33.0 Å². The van der Waals surface area contributed by atoms with Gasteiger partial charge in [-0.05, 0) is 41.3 Å². The Bertz CT molecular complexity index is 1320.